The number of rotatable bonds is 6. The largest absolute Gasteiger partial charge is 0.467 e. The van der Waals surface area contributed by atoms with Crippen LogP contribution in [0.5, 0.6) is 0 Å². The Morgan fingerprint density at radius 3 is 2.71 bits per heavy atom. The lowest BCUT2D eigenvalue weighted by Crippen LogP contribution is -2.26. The number of hydrogen-bond donors (Lipinski definition) is 1. The van der Waals surface area contributed by atoms with Gasteiger partial charge in [0.2, 0.25) is 0 Å². The van der Waals surface area contributed by atoms with Gasteiger partial charge in [-0.3, -0.25) is 4.68 Å². The van der Waals surface area contributed by atoms with Crippen LogP contribution in [0.15, 0.2) is 65.5 Å². The van der Waals surface area contributed by atoms with Crippen LogP contribution >= 0.6 is 0 Å². The van der Waals surface area contributed by atoms with E-state index in [1.54, 1.807) is 6.26 Å². The smallest absolute Gasteiger partial charge is 0.125 e. The summed E-state index contributed by atoms with van der Waals surface area (Å²) in [5.41, 5.74) is 2.38. The summed E-state index contributed by atoms with van der Waals surface area (Å²) in [4.78, 5) is 0. The monoisotopic (exact) mass is 281 g/mol. The van der Waals surface area contributed by atoms with E-state index in [0.29, 0.717) is 0 Å². The predicted octanol–water partition coefficient (Wildman–Crippen LogP) is 3.16. The first-order valence-electron chi connectivity index (χ1n) is 7.14. The molecule has 2 heterocycles. The van der Waals surface area contributed by atoms with Crippen molar-refractivity contribution >= 4 is 0 Å². The average Bonchev–Trinajstić information content (AvgIpc) is 3.16. The van der Waals surface area contributed by atoms with Gasteiger partial charge in [-0.2, -0.15) is 5.10 Å². The molecule has 1 N–H and O–H groups in total. The Morgan fingerprint density at radius 1 is 1.19 bits per heavy atom. The van der Waals surface area contributed by atoms with Gasteiger partial charge in [0, 0.05) is 12.7 Å². The molecule has 0 amide bonds. The molecule has 0 fully saturated rings. The standard InChI is InChI=1S/C17H19N3O/c1-14-12-19-20(13-14)10-9-18-17(16-8-5-11-21-16)15-6-3-2-4-7-15/h2-8,11-13,17-18H,9-10H2,1H3. The molecule has 2 aromatic heterocycles. The summed E-state index contributed by atoms with van der Waals surface area (Å²) >= 11 is 0. The molecule has 0 radical (unpaired) electrons. The van der Waals surface area contributed by atoms with Crippen molar-refractivity contribution in [2.45, 2.75) is 19.5 Å². The molecule has 3 rings (SSSR count). The van der Waals surface area contributed by atoms with E-state index in [4.69, 9.17) is 4.42 Å². The SMILES string of the molecule is Cc1cnn(CCNC(c2ccccc2)c2ccco2)c1. The molecule has 0 aliphatic heterocycles. The van der Waals surface area contributed by atoms with Gasteiger partial charge in [0.05, 0.1) is 25.0 Å². The Bertz CT molecular complexity index is 658. The van der Waals surface area contributed by atoms with Crippen molar-refractivity contribution in [3.8, 4) is 0 Å². The molecule has 4 nitrogen and oxygen atoms in total. The molecule has 21 heavy (non-hydrogen) atoms. The molecule has 3 aromatic rings. The zero-order chi connectivity index (χ0) is 14.5. The second-order valence-electron chi connectivity index (χ2n) is 5.09. The maximum atomic E-state index is 5.57. The minimum absolute atomic E-state index is 0.0675. The highest BCUT2D eigenvalue weighted by molar-refractivity contribution is 5.26. The minimum Gasteiger partial charge on any atom is -0.467 e. The molecule has 0 saturated heterocycles. The maximum Gasteiger partial charge on any atom is 0.125 e. The van der Waals surface area contributed by atoms with Crippen LogP contribution in [0, 0.1) is 6.92 Å². The highest BCUT2D eigenvalue weighted by Crippen LogP contribution is 2.21. The lowest BCUT2D eigenvalue weighted by molar-refractivity contribution is 0.433. The third-order valence-electron chi connectivity index (χ3n) is 3.41. The van der Waals surface area contributed by atoms with Gasteiger partial charge >= 0.3 is 0 Å². The van der Waals surface area contributed by atoms with Crippen LogP contribution in [0.4, 0.5) is 0 Å². The van der Waals surface area contributed by atoms with Crippen LogP contribution in [0.2, 0.25) is 0 Å². The molecule has 0 aliphatic carbocycles. The second-order valence-corrected chi connectivity index (χ2v) is 5.09. The summed E-state index contributed by atoms with van der Waals surface area (Å²) in [6.07, 6.45) is 5.64. The summed E-state index contributed by atoms with van der Waals surface area (Å²) in [5.74, 6) is 0.929. The van der Waals surface area contributed by atoms with Crippen molar-refractivity contribution < 1.29 is 4.42 Å². The predicted molar refractivity (Wildman–Crippen MR) is 82.0 cm³/mol. The highest BCUT2D eigenvalue weighted by Gasteiger charge is 2.15. The van der Waals surface area contributed by atoms with E-state index < -0.39 is 0 Å². The van der Waals surface area contributed by atoms with Crippen LogP contribution in [-0.2, 0) is 6.54 Å². The van der Waals surface area contributed by atoms with E-state index in [0.717, 1.165) is 18.8 Å². The van der Waals surface area contributed by atoms with Crippen molar-refractivity contribution in [3.63, 3.8) is 0 Å². The van der Waals surface area contributed by atoms with Crippen molar-refractivity contribution in [1.82, 2.24) is 15.1 Å². The van der Waals surface area contributed by atoms with Crippen molar-refractivity contribution in [3.05, 3.63) is 78.0 Å². The lowest BCUT2D eigenvalue weighted by atomic mass is 10.0. The first kappa shape index (κ1) is 13.6. The van der Waals surface area contributed by atoms with Crippen molar-refractivity contribution in [2.24, 2.45) is 0 Å². The van der Waals surface area contributed by atoms with E-state index in [1.165, 1.54) is 11.1 Å². The molecule has 0 spiro atoms. The summed E-state index contributed by atoms with van der Waals surface area (Å²) in [5, 5.41) is 7.84. The minimum atomic E-state index is 0.0675. The first-order chi connectivity index (χ1) is 10.3. The number of hydrogen-bond acceptors (Lipinski definition) is 3. The molecule has 1 unspecified atom stereocenters. The Labute approximate surface area is 124 Å². The van der Waals surface area contributed by atoms with Gasteiger partial charge in [0.1, 0.15) is 5.76 Å². The third-order valence-corrected chi connectivity index (χ3v) is 3.41. The summed E-state index contributed by atoms with van der Waals surface area (Å²) in [6, 6.07) is 14.3. The lowest BCUT2D eigenvalue weighted by Gasteiger charge is -2.17. The zero-order valence-electron chi connectivity index (χ0n) is 12.1. The van der Waals surface area contributed by atoms with Gasteiger partial charge in [-0.25, -0.2) is 0 Å². The van der Waals surface area contributed by atoms with Gasteiger partial charge in [-0.05, 0) is 30.2 Å². The van der Waals surface area contributed by atoms with Crippen LogP contribution in [-0.4, -0.2) is 16.3 Å². The molecular weight excluding hydrogens is 262 g/mol. The quantitative estimate of drug-likeness (QED) is 0.754. The molecule has 108 valence electrons. The Balaban J connectivity index is 1.68. The number of aryl methyl sites for hydroxylation is 1. The first-order valence-corrected chi connectivity index (χ1v) is 7.14. The fourth-order valence-corrected chi connectivity index (χ4v) is 2.40. The third kappa shape index (κ3) is 3.41. The molecular formula is C17H19N3O. The molecule has 0 saturated carbocycles. The van der Waals surface area contributed by atoms with E-state index >= 15 is 0 Å². The van der Waals surface area contributed by atoms with Crippen molar-refractivity contribution in [1.29, 1.82) is 0 Å². The summed E-state index contributed by atoms with van der Waals surface area (Å²) in [6.45, 7) is 3.70. The van der Waals surface area contributed by atoms with Gasteiger partial charge in [-0.15, -0.1) is 0 Å². The van der Waals surface area contributed by atoms with E-state index in [1.807, 2.05) is 54.3 Å². The molecule has 4 heteroatoms. The Kier molecular flexibility index (Phi) is 4.17. The zero-order valence-corrected chi connectivity index (χ0v) is 12.1. The highest BCUT2D eigenvalue weighted by atomic mass is 16.3. The number of furan rings is 1. The summed E-state index contributed by atoms with van der Waals surface area (Å²) < 4.78 is 7.52. The second kappa shape index (κ2) is 6.41. The van der Waals surface area contributed by atoms with Crippen LogP contribution in [0.3, 0.4) is 0 Å². The normalized spacial score (nSPS) is 12.4. The fourth-order valence-electron chi connectivity index (χ4n) is 2.40. The van der Waals surface area contributed by atoms with Crippen molar-refractivity contribution in [2.75, 3.05) is 6.54 Å². The molecule has 1 atom stereocenters. The van der Waals surface area contributed by atoms with Gasteiger partial charge in [0.15, 0.2) is 0 Å². The van der Waals surface area contributed by atoms with Crippen LogP contribution in [0.25, 0.3) is 0 Å². The van der Waals surface area contributed by atoms with Crippen LogP contribution in [0.1, 0.15) is 22.9 Å². The summed E-state index contributed by atoms with van der Waals surface area (Å²) in [7, 11) is 0. The number of nitrogens with zero attached hydrogens (tertiary/aromatic N) is 2. The van der Waals surface area contributed by atoms with Gasteiger partial charge in [0.25, 0.3) is 0 Å². The number of aromatic nitrogens is 2. The Hall–Kier alpha value is -2.33. The van der Waals surface area contributed by atoms with Crippen LogP contribution < -0.4 is 5.32 Å². The molecule has 1 aromatic carbocycles. The maximum absolute atomic E-state index is 5.57. The number of nitrogens with one attached hydrogen (secondary N) is 1. The Morgan fingerprint density at radius 2 is 2.05 bits per heavy atom. The van der Waals surface area contributed by atoms with E-state index in [9.17, 15) is 0 Å². The number of benzene rings is 1. The van der Waals surface area contributed by atoms with E-state index in [2.05, 4.69) is 22.5 Å². The van der Waals surface area contributed by atoms with Gasteiger partial charge in [-0.1, -0.05) is 30.3 Å². The fraction of sp³-hybridized carbons (Fsp3) is 0.235. The van der Waals surface area contributed by atoms with E-state index in [-0.39, 0.29) is 6.04 Å². The topological polar surface area (TPSA) is 43.0 Å². The molecule has 0 bridgehead atoms. The molecule has 0 aliphatic rings. The van der Waals surface area contributed by atoms with Gasteiger partial charge < -0.3 is 9.73 Å². The average molecular weight is 281 g/mol.